The van der Waals surface area contributed by atoms with Crippen LogP contribution in [0.1, 0.15) is 12.0 Å². The minimum atomic E-state index is 0.112. The lowest BCUT2D eigenvalue weighted by Crippen LogP contribution is -2.47. The van der Waals surface area contributed by atoms with Gasteiger partial charge in [0.2, 0.25) is 5.91 Å². The average Bonchev–Trinajstić information content (AvgIpc) is 2.66. The van der Waals surface area contributed by atoms with Gasteiger partial charge in [-0.3, -0.25) is 9.69 Å². The zero-order chi connectivity index (χ0) is 17.5. The van der Waals surface area contributed by atoms with E-state index in [0.29, 0.717) is 13.0 Å². The second-order valence-corrected chi connectivity index (χ2v) is 6.76. The van der Waals surface area contributed by atoms with Gasteiger partial charge >= 0.3 is 0 Å². The van der Waals surface area contributed by atoms with Crippen LogP contribution in [0, 0.1) is 0 Å². The van der Waals surface area contributed by atoms with Crippen LogP contribution in [0.3, 0.4) is 0 Å². The maximum absolute atomic E-state index is 12.0. The number of carbonyl (C=O) groups is 1. The molecule has 1 saturated heterocycles. The van der Waals surface area contributed by atoms with Crippen LogP contribution >= 0.6 is 11.6 Å². The van der Waals surface area contributed by atoms with E-state index in [1.54, 1.807) is 0 Å². The Balaban J connectivity index is 1.37. The first-order valence-electron chi connectivity index (χ1n) is 8.74. The Labute approximate surface area is 154 Å². The second kappa shape index (κ2) is 8.88. The van der Waals surface area contributed by atoms with Crippen molar-refractivity contribution in [3.63, 3.8) is 0 Å². The van der Waals surface area contributed by atoms with E-state index in [0.717, 1.165) is 43.3 Å². The van der Waals surface area contributed by atoms with Gasteiger partial charge in [0.25, 0.3) is 0 Å². The standard InChI is InChI=1S/C20H24ClN3O/c21-18-7-4-8-19(15-18)24-13-11-23(12-14-24)10-9-20(25)22-16-17-5-2-1-3-6-17/h1-8,15H,9-14,16H2,(H,22,25). The second-order valence-electron chi connectivity index (χ2n) is 6.32. The maximum atomic E-state index is 12.0. The van der Waals surface area contributed by atoms with E-state index >= 15 is 0 Å². The number of rotatable bonds is 6. The number of benzene rings is 2. The van der Waals surface area contributed by atoms with Crippen LogP contribution in [0.15, 0.2) is 54.6 Å². The molecule has 1 N–H and O–H groups in total. The lowest BCUT2D eigenvalue weighted by atomic mass is 10.2. The van der Waals surface area contributed by atoms with Crippen LogP contribution in [0.25, 0.3) is 0 Å². The van der Waals surface area contributed by atoms with Crippen molar-refractivity contribution < 1.29 is 4.79 Å². The number of halogens is 1. The molecular weight excluding hydrogens is 334 g/mol. The Bertz CT molecular complexity index is 684. The van der Waals surface area contributed by atoms with Crippen molar-refractivity contribution in [2.75, 3.05) is 37.6 Å². The molecular formula is C20H24ClN3O. The summed E-state index contributed by atoms with van der Waals surface area (Å²) in [7, 11) is 0. The molecule has 0 aliphatic carbocycles. The van der Waals surface area contributed by atoms with Gasteiger partial charge in [0.1, 0.15) is 0 Å². The van der Waals surface area contributed by atoms with Gasteiger partial charge in [-0.1, -0.05) is 48.0 Å². The summed E-state index contributed by atoms with van der Waals surface area (Å²) in [5.41, 5.74) is 2.30. The summed E-state index contributed by atoms with van der Waals surface area (Å²) in [6.45, 7) is 5.28. The van der Waals surface area contributed by atoms with Crippen molar-refractivity contribution in [2.24, 2.45) is 0 Å². The highest BCUT2D eigenvalue weighted by molar-refractivity contribution is 6.30. The van der Waals surface area contributed by atoms with Gasteiger partial charge in [-0.05, 0) is 23.8 Å². The third-order valence-corrected chi connectivity index (χ3v) is 4.77. The minimum absolute atomic E-state index is 0.112. The number of hydrogen-bond donors (Lipinski definition) is 1. The van der Waals surface area contributed by atoms with Crippen LogP contribution in [0.5, 0.6) is 0 Å². The van der Waals surface area contributed by atoms with Crippen molar-refractivity contribution in [1.29, 1.82) is 0 Å². The molecule has 4 nitrogen and oxygen atoms in total. The zero-order valence-corrected chi connectivity index (χ0v) is 15.1. The third kappa shape index (κ3) is 5.48. The van der Waals surface area contributed by atoms with Crippen LogP contribution in [-0.4, -0.2) is 43.5 Å². The Morgan fingerprint density at radius 3 is 2.48 bits per heavy atom. The lowest BCUT2D eigenvalue weighted by molar-refractivity contribution is -0.121. The summed E-state index contributed by atoms with van der Waals surface area (Å²) in [6, 6.07) is 18.0. The van der Waals surface area contributed by atoms with Gasteiger partial charge in [0.15, 0.2) is 0 Å². The van der Waals surface area contributed by atoms with Gasteiger partial charge in [0.05, 0.1) is 0 Å². The molecule has 5 heteroatoms. The molecule has 25 heavy (non-hydrogen) atoms. The number of carbonyl (C=O) groups excluding carboxylic acids is 1. The molecule has 0 saturated carbocycles. The van der Waals surface area contributed by atoms with Crippen LogP contribution < -0.4 is 10.2 Å². The molecule has 0 atom stereocenters. The van der Waals surface area contributed by atoms with E-state index in [2.05, 4.69) is 21.2 Å². The highest BCUT2D eigenvalue weighted by Crippen LogP contribution is 2.20. The first kappa shape index (κ1) is 17.8. The van der Waals surface area contributed by atoms with Crippen molar-refractivity contribution in [2.45, 2.75) is 13.0 Å². The van der Waals surface area contributed by atoms with Crippen LogP contribution in [0.4, 0.5) is 5.69 Å². The summed E-state index contributed by atoms with van der Waals surface area (Å²) < 4.78 is 0. The van der Waals surface area contributed by atoms with E-state index < -0.39 is 0 Å². The monoisotopic (exact) mass is 357 g/mol. The predicted molar refractivity (Wildman–Crippen MR) is 103 cm³/mol. The molecule has 0 bridgehead atoms. The Morgan fingerprint density at radius 2 is 1.76 bits per heavy atom. The number of anilines is 1. The molecule has 132 valence electrons. The Hall–Kier alpha value is -2.04. The number of nitrogens with one attached hydrogen (secondary N) is 1. The quantitative estimate of drug-likeness (QED) is 0.862. The van der Waals surface area contributed by atoms with Crippen molar-refractivity contribution in [3.05, 3.63) is 65.2 Å². The molecule has 1 aliphatic rings. The molecule has 0 unspecified atom stereocenters. The summed E-state index contributed by atoms with van der Waals surface area (Å²) in [5, 5.41) is 3.76. The number of piperazine rings is 1. The van der Waals surface area contributed by atoms with Crippen LogP contribution in [-0.2, 0) is 11.3 Å². The molecule has 1 aliphatic heterocycles. The minimum Gasteiger partial charge on any atom is -0.369 e. The smallest absolute Gasteiger partial charge is 0.221 e. The summed E-state index contributed by atoms with van der Waals surface area (Å²) in [6.07, 6.45) is 0.546. The molecule has 1 fully saturated rings. The van der Waals surface area contributed by atoms with E-state index in [1.165, 1.54) is 5.69 Å². The molecule has 0 aromatic heterocycles. The lowest BCUT2D eigenvalue weighted by Gasteiger charge is -2.36. The van der Waals surface area contributed by atoms with Gasteiger partial charge < -0.3 is 10.2 Å². The summed E-state index contributed by atoms with van der Waals surface area (Å²) >= 11 is 6.07. The number of amides is 1. The molecule has 1 amide bonds. The van der Waals surface area contributed by atoms with Gasteiger partial charge in [-0.15, -0.1) is 0 Å². The van der Waals surface area contributed by atoms with Crippen LogP contribution in [0.2, 0.25) is 5.02 Å². The topological polar surface area (TPSA) is 35.6 Å². The van der Waals surface area contributed by atoms with E-state index in [-0.39, 0.29) is 5.91 Å². The third-order valence-electron chi connectivity index (χ3n) is 4.53. The van der Waals surface area contributed by atoms with Crippen molar-refractivity contribution >= 4 is 23.2 Å². The van der Waals surface area contributed by atoms with Crippen molar-refractivity contribution in [3.8, 4) is 0 Å². The zero-order valence-electron chi connectivity index (χ0n) is 14.3. The first-order chi connectivity index (χ1) is 12.2. The highest BCUT2D eigenvalue weighted by Gasteiger charge is 2.17. The van der Waals surface area contributed by atoms with E-state index in [9.17, 15) is 4.79 Å². The Kier molecular flexibility index (Phi) is 6.31. The largest absolute Gasteiger partial charge is 0.369 e. The molecule has 2 aromatic carbocycles. The van der Waals surface area contributed by atoms with E-state index in [1.807, 2.05) is 48.5 Å². The fourth-order valence-corrected chi connectivity index (χ4v) is 3.23. The fraction of sp³-hybridized carbons (Fsp3) is 0.350. The Morgan fingerprint density at radius 1 is 1.00 bits per heavy atom. The SMILES string of the molecule is O=C(CCN1CCN(c2cccc(Cl)c2)CC1)NCc1ccccc1. The molecule has 1 heterocycles. The molecule has 3 rings (SSSR count). The van der Waals surface area contributed by atoms with Gasteiger partial charge in [-0.25, -0.2) is 0 Å². The first-order valence-corrected chi connectivity index (χ1v) is 9.12. The average molecular weight is 358 g/mol. The number of hydrogen-bond acceptors (Lipinski definition) is 3. The molecule has 0 spiro atoms. The van der Waals surface area contributed by atoms with Gasteiger partial charge in [-0.2, -0.15) is 0 Å². The highest BCUT2D eigenvalue weighted by atomic mass is 35.5. The summed E-state index contributed by atoms with van der Waals surface area (Å²) in [5.74, 6) is 0.112. The predicted octanol–water partition coefficient (Wildman–Crippen LogP) is 3.17. The van der Waals surface area contributed by atoms with Gasteiger partial charge in [0, 0.05) is 56.4 Å². The number of nitrogens with zero attached hydrogens (tertiary/aromatic N) is 2. The van der Waals surface area contributed by atoms with Crippen molar-refractivity contribution in [1.82, 2.24) is 10.2 Å². The maximum Gasteiger partial charge on any atom is 0.221 e. The summed E-state index contributed by atoms with van der Waals surface area (Å²) in [4.78, 5) is 16.7. The molecule has 0 radical (unpaired) electrons. The molecule has 2 aromatic rings. The normalized spacial score (nSPS) is 15.2. The fourth-order valence-electron chi connectivity index (χ4n) is 3.05. The van der Waals surface area contributed by atoms with E-state index in [4.69, 9.17) is 11.6 Å².